The molecule has 0 saturated carbocycles. The maximum atomic E-state index is 10.3. The summed E-state index contributed by atoms with van der Waals surface area (Å²) < 4.78 is 5.35. The van der Waals surface area contributed by atoms with Crippen molar-refractivity contribution in [2.45, 2.75) is 18.1 Å². The van der Waals surface area contributed by atoms with Gasteiger partial charge in [-0.15, -0.1) is 7.05 Å². The van der Waals surface area contributed by atoms with Gasteiger partial charge in [-0.3, -0.25) is 0 Å². The van der Waals surface area contributed by atoms with Gasteiger partial charge in [0.1, 0.15) is 11.7 Å². The van der Waals surface area contributed by atoms with Crippen molar-refractivity contribution in [1.82, 2.24) is 0 Å². The Hall–Kier alpha value is -1.13. The third-order valence-electron chi connectivity index (χ3n) is 2.39. The molecular formula is C9H11NO3. The van der Waals surface area contributed by atoms with E-state index in [9.17, 15) is 4.79 Å². The molecule has 0 spiro atoms. The van der Waals surface area contributed by atoms with Gasteiger partial charge in [-0.1, -0.05) is 0 Å². The zero-order valence-corrected chi connectivity index (χ0v) is 7.06. The molecule has 0 aromatic rings. The van der Waals surface area contributed by atoms with Crippen molar-refractivity contribution in [3.05, 3.63) is 31.0 Å². The molecule has 2 aliphatic rings. The number of epoxide rings is 1. The summed E-state index contributed by atoms with van der Waals surface area (Å²) in [5.41, 5.74) is 0.772. The molecule has 1 aliphatic carbocycles. The molecule has 1 fully saturated rings. The first-order valence-electron chi connectivity index (χ1n) is 4.09. The van der Waals surface area contributed by atoms with Crippen molar-refractivity contribution >= 4 is 5.97 Å². The lowest BCUT2D eigenvalue weighted by atomic mass is 10.1. The predicted molar refractivity (Wildman–Crippen MR) is 44.4 cm³/mol. The summed E-state index contributed by atoms with van der Waals surface area (Å²) >= 11 is 0. The van der Waals surface area contributed by atoms with Crippen LogP contribution in [0.5, 0.6) is 0 Å². The van der Waals surface area contributed by atoms with Crippen LogP contribution in [-0.2, 0) is 9.53 Å². The van der Waals surface area contributed by atoms with E-state index in [0.717, 1.165) is 18.2 Å². The number of hydrogen-bond donors (Lipinski definition) is 2. The van der Waals surface area contributed by atoms with Gasteiger partial charge in [0.05, 0.1) is 12.1 Å². The fourth-order valence-electron chi connectivity index (χ4n) is 1.64. The summed E-state index contributed by atoms with van der Waals surface area (Å²) in [5, 5.41) is 10.2. The molecule has 0 aromatic heterocycles. The molecule has 0 aromatic carbocycles. The van der Waals surface area contributed by atoms with Crippen LogP contribution in [0.3, 0.4) is 0 Å². The number of hydrogen-bond acceptors (Lipinski definition) is 2. The highest BCUT2D eigenvalue weighted by molar-refractivity contribution is 5.80. The Morgan fingerprint density at radius 2 is 2.69 bits per heavy atom. The van der Waals surface area contributed by atoms with Crippen molar-refractivity contribution in [3.8, 4) is 0 Å². The van der Waals surface area contributed by atoms with E-state index in [1.165, 1.54) is 0 Å². The molecule has 4 nitrogen and oxygen atoms in total. The van der Waals surface area contributed by atoms with E-state index >= 15 is 0 Å². The molecule has 3 N–H and O–H groups in total. The number of ether oxygens (including phenoxy) is 1. The average Bonchev–Trinajstić information content (AvgIpc) is 2.66. The van der Waals surface area contributed by atoms with Crippen LogP contribution >= 0.6 is 0 Å². The normalized spacial score (nSPS) is 36.1. The Balaban J connectivity index is 2.02. The predicted octanol–water partition coefficient (Wildman–Crippen LogP) is -0.593. The van der Waals surface area contributed by atoms with Crippen LogP contribution < -0.4 is 5.32 Å². The fraction of sp³-hybridized carbons (Fsp3) is 0.333. The average molecular weight is 181 g/mol. The molecule has 0 radical (unpaired) electrons. The van der Waals surface area contributed by atoms with E-state index in [-0.39, 0.29) is 11.7 Å². The largest absolute Gasteiger partial charge is 0.478 e. The van der Waals surface area contributed by atoms with Gasteiger partial charge in [-0.2, -0.15) is 0 Å². The Morgan fingerprint density at radius 1 is 1.92 bits per heavy atom. The number of carboxylic acids is 1. The van der Waals surface area contributed by atoms with Crippen LogP contribution in [0, 0.1) is 7.05 Å². The second-order valence-corrected chi connectivity index (χ2v) is 3.29. The van der Waals surface area contributed by atoms with E-state index in [0.29, 0.717) is 0 Å². The van der Waals surface area contributed by atoms with Gasteiger partial charge in [0, 0.05) is 12.2 Å². The van der Waals surface area contributed by atoms with Gasteiger partial charge >= 0.3 is 5.97 Å². The summed E-state index contributed by atoms with van der Waals surface area (Å²) in [5.74, 6) is -0.935. The van der Waals surface area contributed by atoms with E-state index in [1.54, 1.807) is 11.4 Å². The van der Waals surface area contributed by atoms with Crippen molar-refractivity contribution in [2.75, 3.05) is 0 Å². The van der Waals surface area contributed by atoms with E-state index in [2.05, 4.69) is 7.05 Å². The van der Waals surface area contributed by atoms with Crippen molar-refractivity contribution < 1.29 is 20.0 Å². The number of aliphatic carboxylic acids is 1. The van der Waals surface area contributed by atoms with Crippen LogP contribution in [0.25, 0.3) is 0 Å². The van der Waals surface area contributed by atoms with Crippen molar-refractivity contribution in [2.24, 2.45) is 0 Å². The Bertz CT molecular complexity index is 308. The summed E-state index contributed by atoms with van der Waals surface area (Å²) in [7, 11) is 3.66. The zero-order chi connectivity index (χ0) is 9.47. The first-order valence-corrected chi connectivity index (χ1v) is 4.09. The minimum absolute atomic E-state index is 0.0658. The molecule has 2 atom stereocenters. The minimum atomic E-state index is -0.935. The summed E-state index contributed by atoms with van der Waals surface area (Å²) in [6.45, 7) is 0. The van der Waals surface area contributed by atoms with E-state index in [1.807, 2.05) is 6.08 Å². The van der Waals surface area contributed by atoms with Gasteiger partial charge in [0.2, 0.25) is 0 Å². The fourth-order valence-corrected chi connectivity index (χ4v) is 1.64. The van der Waals surface area contributed by atoms with Gasteiger partial charge in [0.15, 0.2) is 0 Å². The first kappa shape index (κ1) is 8.47. The monoisotopic (exact) mass is 181 g/mol. The van der Waals surface area contributed by atoms with Crippen LogP contribution in [0.1, 0.15) is 6.42 Å². The zero-order valence-electron chi connectivity index (χ0n) is 7.06. The number of quaternary nitrogens is 1. The second kappa shape index (κ2) is 2.68. The maximum absolute atomic E-state index is 10.3. The maximum Gasteiger partial charge on any atom is 0.328 e. The van der Waals surface area contributed by atoms with Gasteiger partial charge in [-0.05, 0) is 6.08 Å². The molecule has 1 aliphatic heterocycles. The van der Waals surface area contributed by atoms with Gasteiger partial charge in [-0.25, -0.2) is 4.79 Å². The number of nitrogens with two attached hydrogens (primary N) is 1. The van der Waals surface area contributed by atoms with Gasteiger partial charge in [0.25, 0.3) is 0 Å². The molecule has 4 heteroatoms. The number of carbonyl (C=O) groups is 1. The molecule has 1 heterocycles. The highest BCUT2D eigenvalue weighted by atomic mass is 16.6. The first-order chi connectivity index (χ1) is 6.16. The Kier molecular flexibility index (Phi) is 1.75. The smallest absolute Gasteiger partial charge is 0.328 e. The highest BCUT2D eigenvalue weighted by Gasteiger charge is 2.58. The highest BCUT2D eigenvalue weighted by Crippen LogP contribution is 2.48. The van der Waals surface area contributed by atoms with Crippen molar-refractivity contribution in [3.63, 3.8) is 0 Å². The lowest BCUT2D eigenvalue weighted by Gasteiger charge is -2.04. The standard InChI is InChI=1S/C9H11NO3/c1-10-6-4-7-9(5-6,13-7)3-2-8(11)12/h2-4,7H,1,5,10H2,(H,11,12). The second-order valence-electron chi connectivity index (χ2n) is 3.29. The van der Waals surface area contributed by atoms with Crippen LogP contribution in [0.2, 0.25) is 0 Å². The molecule has 70 valence electrons. The Labute approximate surface area is 75.9 Å². The number of rotatable bonds is 3. The lowest BCUT2D eigenvalue weighted by molar-refractivity contribution is -0.545. The summed E-state index contributed by atoms with van der Waals surface area (Å²) in [6.07, 6.45) is 5.55. The molecule has 13 heavy (non-hydrogen) atoms. The van der Waals surface area contributed by atoms with Crippen LogP contribution in [0.15, 0.2) is 23.9 Å². The quantitative estimate of drug-likeness (QED) is 0.347. The van der Waals surface area contributed by atoms with E-state index < -0.39 is 5.97 Å². The lowest BCUT2D eigenvalue weighted by Crippen LogP contribution is -2.74. The third kappa shape index (κ3) is 1.38. The van der Waals surface area contributed by atoms with Gasteiger partial charge < -0.3 is 15.2 Å². The van der Waals surface area contributed by atoms with Crippen LogP contribution in [0.4, 0.5) is 0 Å². The van der Waals surface area contributed by atoms with Crippen molar-refractivity contribution in [1.29, 1.82) is 0 Å². The van der Waals surface area contributed by atoms with Crippen LogP contribution in [-0.4, -0.2) is 22.8 Å². The summed E-state index contributed by atoms with van der Waals surface area (Å²) in [4.78, 5) is 10.3. The molecule has 2 unspecified atom stereocenters. The number of fused-ring (bicyclic) bond motifs is 1. The molecule has 0 amide bonds. The summed E-state index contributed by atoms with van der Waals surface area (Å²) in [6, 6.07) is 0. The minimum Gasteiger partial charge on any atom is -0.478 e. The Morgan fingerprint density at radius 3 is 3.23 bits per heavy atom. The topological polar surface area (TPSA) is 66.4 Å². The molecular weight excluding hydrogens is 170 g/mol. The van der Waals surface area contributed by atoms with E-state index in [4.69, 9.17) is 9.84 Å². The molecule has 1 saturated heterocycles. The third-order valence-corrected chi connectivity index (χ3v) is 2.39. The SMILES string of the molecule is [CH2-][NH2+]C1=CC2OC2(C=CC(=O)O)C1. The number of carboxylic acid groups (broad SMARTS) is 1. The molecule has 2 rings (SSSR count). The molecule has 0 bridgehead atoms.